The summed E-state index contributed by atoms with van der Waals surface area (Å²) in [5, 5.41) is 3.30. The lowest BCUT2D eigenvalue weighted by Crippen LogP contribution is -2.20. The lowest BCUT2D eigenvalue weighted by molar-refractivity contribution is 0.625. The fourth-order valence-corrected chi connectivity index (χ4v) is 3.40. The van der Waals surface area contributed by atoms with Gasteiger partial charge in [-0.1, -0.05) is 35.5 Å². The fraction of sp³-hybridized carbons (Fsp3) is 0.222. The quantitative estimate of drug-likeness (QED) is 0.884. The van der Waals surface area contributed by atoms with E-state index in [1.54, 1.807) is 23.9 Å². The highest BCUT2D eigenvalue weighted by molar-refractivity contribution is 7.99. The van der Waals surface area contributed by atoms with E-state index in [9.17, 15) is 4.39 Å². The van der Waals surface area contributed by atoms with Gasteiger partial charge < -0.3 is 5.32 Å². The van der Waals surface area contributed by atoms with E-state index in [2.05, 4.69) is 42.6 Å². The molecule has 0 radical (unpaired) electrons. The van der Waals surface area contributed by atoms with Crippen molar-refractivity contribution in [2.24, 2.45) is 0 Å². The lowest BCUT2D eigenvalue weighted by Gasteiger charge is -2.17. The number of aryl methyl sites for hydroxylation is 1. The number of hydrogen-bond acceptors (Lipinski definition) is 2. The minimum atomic E-state index is -0.169. The van der Waals surface area contributed by atoms with Crippen LogP contribution in [0.2, 0.25) is 0 Å². The zero-order valence-electron chi connectivity index (χ0n) is 12.0. The smallest absolute Gasteiger partial charge is 0.123 e. The highest BCUT2D eigenvalue weighted by atomic mass is 32.2. The second-order valence-corrected chi connectivity index (χ2v) is 6.35. The molecule has 1 nitrogen and oxygen atoms in total. The summed E-state index contributed by atoms with van der Waals surface area (Å²) < 4.78 is 13.6. The van der Waals surface area contributed by atoms with Crippen LogP contribution in [0.15, 0.2) is 58.3 Å². The van der Waals surface area contributed by atoms with Crippen LogP contribution in [-0.2, 0) is 0 Å². The van der Waals surface area contributed by atoms with E-state index in [1.807, 2.05) is 6.07 Å². The van der Waals surface area contributed by atoms with Crippen molar-refractivity contribution >= 4 is 17.3 Å². The van der Waals surface area contributed by atoms with Crippen molar-refractivity contribution in [2.45, 2.75) is 23.1 Å². The first-order valence-corrected chi connectivity index (χ1v) is 7.98. The predicted molar refractivity (Wildman–Crippen MR) is 87.2 cm³/mol. The molecule has 0 saturated heterocycles. The van der Waals surface area contributed by atoms with Crippen LogP contribution in [0.4, 0.5) is 4.39 Å². The maximum absolute atomic E-state index is 13.6. The molecule has 3 rings (SSSR count). The van der Waals surface area contributed by atoms with Crippen LogP contribution in [0.25, 0.3) is 5.57 Å². The SMILES string of the molecule is Cc1ccc(Sc2ccc(F)cc2C2=CCNCC2)cc1. The minimum absolute atomic E-state index is 0.169. The molecule has 1 aliphatic heterocycles. The Morgan fingerprint density at radius 3 is 2.62 bits per heavy atom. The van der Waals surface area contributed by atoms with Gasteiger partial charge in [0, 0.05) is 16.3 Å². The first-order chi connectivity index (χ1) is 10.2. The zero-order valence-corrected chi connectivity index (χ0v) is 12.8. The Kier molecular flexibility index (Phi) is 4.42. The van der Waals surface area contributed by atoms with Crippen molar-refractivity contribution in [1.82, 2.24) is 5.32 Å². The van der Waals surface area contributed by atoms with E-state index >= 15 is 0 Å². The summed E-state index contributed by atoms with van der Waals surface area (Å²) in [6.45, 7) is 3.90. The van der Waals surface area contributed by atoms with E-state index in [1.165, 1.54) is 16.0 Å². The molecule has 0 saturated carbocycles. The molecule has 2 aromatic rings. The third-order valence-corrected chi connectivity index (χ3v) is 4.68. The summed E-state index contributed by atoms with van der Waals surface area (Å²) in [6.07, 6.45) is 3.11. The Bertz CT molecular complexity index is 661. The van der Waals surface area contributed by atoms with Gasteiger partial charge in [0.1, 0.15) is 5.82 Å². The summed E-state index contributed by atoms with van der Waals surface area (Å²) in [4.78, 5) is 2.30. The maximum Gasteiger partial charge on any atom is 0.123 e. The van der Waals surface area contributed by atoms with Crippen LogP contribution in [0.3, 0.4) is 0 Å². The van der Waals surface area contributed by atoms with Gasteiger partial charge in [0.05, 0.1) is 0 Å². The van der Waals surface area contributed by atoms with Crippen LogP contribution >= 0.6 is 11.8 Å². The third-order valence-electron chi connectivity index (χ3n) is 3.60. The second kappa shape index (κ2) is 6.46. The Balaban J connectivity index is 1.94. The molecule has 21 heavy (non-hydrogen) atoms. The Morgan fingerprint density at radius 1 is 1.10 bits per heavy atom. The average molecular weight is 299 g/mol. The van der Waals surface area contributed by atoms with Gasteiger partial charge >= 0.3 is 0 Å². The molecule has 2 aromatic carbocycles. The van der Waals surface area contributed by atoms with Gasteiger partial charge in [-0.15, -0.1) is 0 Å². The molecule has 3 heteroatoms. The number of benzene rings is 2. The second-order valence-electron chi connectivity index (χ2n) is 5.24. The molecule has 0 aliphatic carbocycles. The Labute approximate surface area is 129 Å². The number of halogens is 1. The predicted octanol–water partition coefficient (Wildman–Crippen LogP) is 4.66. The Morgan fingerprint density at radius 2 is 1.90 bits per heavy atom. The molecule has 0 fully saturated rings. The first-order valence-electron chi connectivity index (χ1n) is 7.16. The van der Waals surface area contributed by atoms with E-state index in [0.29, 0.717) is 0 Å². The highest BCUT2D eigenvalue weighted by Crippen LogP contribution is 2.35. The van der Waals surface area contributed by atoms with Crippen LogP contribution in [0, 0.1) is 12.7 Å². The monoisotopic (exact) mass is 299 g/mol. The molecular weight excluding hydrogens is 281 g/mol. The number of rotatable bonds is 3. The van der Waals surface area contributed by atoms with Crippen LogP contribution < -0.4 is 5.32 Å². The van der Waals surface area contributed by atoms with Crippen molar-refractivity contribution in [3.8, 4) is 0 Å². The van der Waals surface area contributed by atoms with Crippen LogP contribution in [-0.4, -0.2) is 13.1 Å². The summed E-state index contributed by atoms with van der Waals surface area (Å²) >= 11 is 1.70. The summed E-state index contributed by atoms with van der Waals surface area (Å²) in [7, 11) is 0. The molecule has 0 amide bonds. The summed E-state index contributed by atoms with van der Waals surface area (Å²) in [5.41, 5.74) is 3.52. The largest absolute Gasteiger partial charge is 0.313 e. The molecule has 1 heterocycles. The van der Waals surface area contributed by atoms with E-state index < -0.39 is 0 Å². The zero-order chi connectivity index (χ0) is 14.7. The van der Waals surface area contributed by atoms with Gasteiger partial charge in [-0.25, -0.2) is 4.39 Å². The molecule has 0 bridgehead atoms. The van der Waals surface area contributed by atoms with Crippen molar-refractivity contribution < 1.29 is 4.39 Å². The molecule has 1 N–H and O–H groups in total. The highest BCUT2D eigenvalue weighted by Gasteiger charge is 2.12. The van der Waals surface area contributed by atoms with Crippen LogP contribution in [0.1, 0.15) is 17.5 Å². The molecule has 0 aromatic heterocycles. The van der Waals surface area contributed by atoms with Gasteiger partial charge in [0.2, 0.25) is 0 Å². The van der Waals surface area contributed by atoms with Crippen molar-refractivity contribution in [2.75, 3.05) is 13.1 Å². The lowest BCUT2D eigenvalue weighted by atomic mass is 10.0. The minimum Gasteiger partial charge on any atom is -0.313 e. The summed E-state index contributed by atoms with van der Waals surface area (Å²) in [5.74, 6) is -0.169. The maximum atomic E-state index is 13.6. The van der Waals surface area contributed by atoms with Crippen LogP contribution in [0.5, 0.6) is 0 Å². The molecule has 108 valence electrons. The van der Waals surface area contributed by atoms with E-state index in [4.69, 9.17) is 0 Å². The molecule has 1 aliphatic rings. The van der Waals surface area contributed by atoms with Crippen molar-refractivity contribution in [1.29, 1.82) is 0 Å². The van der Waals surface area contributed by atoms with Crippen molar-refractivity contribution in [3.05, 3.63) is 65.5 Å². The molecular formula is C18H18FNS. The normalized spacial score (nSPS) is 14.9. The molecule has 0 unspecified atom stereocenters. The van der Waals surface area contributed by atoms with Gasteiger partial charge in [-0.3, -0.25) is 0 Å². The first kappa shape index (κ1) is 14.4. The van der Waals surface area contributed by atoms with E-state index in [-0.39, 0.29) is 5.82 Å². The summed E-state index contributed by atoms with van der Waals surface area (Å²) in [6, 6.07) is 13.5. The van der Waals surface area contributed by atoms with Crippen molar-refractivity contribution in [3.63, 3.8) is 0 Å². The van der Waals surface area contributed by atoms with Gasteiger partial charge in [-0.05, 0) is 61.4 Å². The molecule has 0 atom stereocenters. The topological polar surface area (TPSA) is 12.0 Å². The number of hydrogen-bond donors (Lipinski definition) is 1. The third kappa shape index (κ3) is 3.55. The van der Waals surface area contributed by atoms with Gasteiger partial charge in [-0.2, -0.15) is 0 Å². The van der Waals surface area contributed by atoms with Gasteiger partial charge in [0.25, 0.3) is 0 Å². The average Bonchev–Trinajstić information content (AvgIpc) is 2.52. The fourth-order valence-electron chi connectivity index (χ4n) is 2.44. The van der Waals surface area contributed by atoms with Gasteiger partial charge in [0.15, 0.2) is 0 Å². The Hall–Kier alpha value is -1.58. The molecule has 0 spiro atoms. The van der Waals surface area contributed by atoms with E-state index in [0.717, 1.165) is 30.0 Å². The number of nitrogens with one attached hydrogen (secondary N) is 1. The standard InChI is InChI=1S/C18H18FNS/c1-13-2-5-16(6-3-13)21-18-7-4-15(19)12-17(18)14-8-10-20-11-9-14/h2-8,12,20H,9-11H2,1H3.